The number of aromatic nitrogens is 1. The van der Waals surface area contributed by atoms with E-state index in [1.165, 1.54) is 19.3 Å². The molecule has 1 aromatic heterocycles. The molecule has 92 valence electrons. The van der Waals surface area contributed by atoms with Crippen LogP contribution in [-0.4, -0.2) is 16.9 Å². The lowest BCUT2D eigenvalue weighted by atomic mass is 10.2. The Kier molecular flexibility index (Phi) is 2.04. The highest BCUT2D eigenvalue weighted by Crippen LogP contribution is 2.50. The summed E-state index contributed by atoms with van der Waals surface area (Å²) in [6, 6.07) is 10.3. The third kappa shape index (κ3) is 1.70. The van der Waals surface area contributed by atoms with Crippen molar-refractivity contribution in [1.29, 1.82) is 0 Å². The molecule has 18 heavy (non-hydrogen) atoms. The minimum Gasteiger partial charge on any atom is -0.351 e. The molecule has 1 amide bonds. The number of nitrogens with one attached hydrogen (secondary N) is 2. The third-order valence-corrected chi connectivity index (χ3v) is 4.16. The van der Waals surface area contributed by atoms with Crippen LogP contribution in [0.3, 0.4) is 0 Å². The molecule has 2 atom stereocenters. The van der Waals surface area contributed by atoms with Gasteiger partial charge in [0.1, 0.15) is 5.69 Å². The first-order valence-corrected chi connectivity index (χ1v) is 6.70. The van der Waals surface area contributed by atoms with E-state index in [1.807, 2.05) is 30.3 Å². The summed E-state index contributed by atoms with van der Waals surface area (Å²) >= 11 is 0. The van der Waals surface area contributed by atoms with Crippen LogP contribution in [0.1, 0.15) is 29.8 Å². The fraction of sp³-hybridized carbons (Fsp3) is 0.400. The first-order chi connectivity index (χ1) is 8.81. The van der Waals surface area contributed by atoms with Crippen molar-refractivity contribution in [3.63, 3.8) is 0 Å². The number of hydrogen-bond donors (Lipinski definition) is 2. The van der Waals surface area contributed by atoms with Crippen molar-refractivity contribution in [1.82, 2.24) is 10.3 Å². The predicted molar refractivity (Wildman–Crippen MR) is 70.4 cm³/mol. The molecule has 3 heteroatoms. The Morgan fingerprint density at radius 3 is 2.89 bits per heavy atom. The lowest BCUT2D eigenvalue weighted by Gasteiger charge is -2.01. The molecule has 0 bridgehead atoms. The molecule has 0 radical (unpaired) electrons. The van der Waals surface area contributed by atoms with Gasteiger partial charge in [-0.15, -0.1) is 0 Å². The van der Waals surface area contributed by atoms with Crippen molar-refractivity contribution in [2.45, 2.75) is 25.3 Å². The van der Waals surface area contributed by atoms with Gasteiger partial charge in [-0.1, -0.05) is 18.2 Å². The van der Waals surface area contributed by atoms with Crippen LogP contribution >= 0.6 is 0 Å². The maximum atomic E-state index is 12.1. The van der Waals surface area contributed by atoms with E-state index in [2.05, 4.69) is 10.3 Å². The fourth-order valence-corrected chi connectivity index (χ4v) is 2.87. The number of carbonyl (C=O) groups excluding carboxylic acids is 1. The van der Waals surface area contributed by atoms with E-state index in [1.54, 1.807) is 0 Å². The zero-order valence-corrected chi connectivity index (χ0v) is 10.1. The largest absolute Gasteiger partial charge is 0.351 e. The maximum Gasteiger partial charge on any atom is 0.267 e. The van der Waals surface area contributed by atoms with Crippen molar-refractivity contribution in [3.05, 3.63) is 36.0 Å². The van der Waals surface area contributed by atoms with Crippen LogP contribution in [0.2, 0.25) is 0 Å². The van der Waals surface area contributed by atoms with Gasteiger partial charge in [0.2, 0.25) is 0 Å². The average molecular weight is 240 g/mol. The molecule has 2 saturated carbocycles. The van der Waals surface area contributed by atoms with Crippen LogP contribution in [0.25, 0.3) is 10.9 Å². The normalized spacial score (nSPS) is 26.2. The lowest BCUT2D eigenvalue weighted by molar-refractivity contribution is 0.0944. The number of benzene rings is 1. The van der Waals surface area contributed by atoms with Crippen LogP contribution in [0.4, 0.5) is 0 Å². The van der Waals surface area contributed by atoms with Crippen molar-refractivity contribution in [2.75, 3.05) is 0 Å². The van der Waals surface area contributed by atoms with Gasteiger partial charge in [0.15, 0.2) is 0 Å². The van der Waals surface area contributed by atoms with Crippen LogP contribution < -0.4 is 5.32 Å². The van der Waals surface area contributed by atoms with Crippen molar-refractivity contribution in [2.24, 2.45) is 11.8 Å². The molecule has 2 fully saturated rings. The third-order valence-electron chi connectivity index (χ3n) is 4.16. The molecule has 2 N–H and O–H groups in total. The minimum absolute atomic E-state index is 0.0411. The number of carbonyl (C=O) groups is 1. The Morgan fingerprint density at radius 2 is 2.11 bits per heavy atom. The number of H-pyrrole nitrogens is 1. The van der Waals surface area contributed by atoms with E-state index in [4.69, 9.17) is 0 Å². The molecular formula is C15H16N2O. The Morgan fingerprint density at radius 1 is 1.28 bits per heavy atom. The van der Waals surface area contributed by atoms with Crippen LogP contribution in [0.5, 0.6) is 0 Å². The van der Waals surface area contributed by atoms with Crippen molar-refractivity contribution < 1.29 is 4.79 Å². The SMILES string of the molecule is O=C(N[C@@H]1C[C@H]1C1CC1)c1cc2ccccc2[nH]1. The molecule has 1 aromatic carbocycles. The van der Waals surface area contributed by atoms with E-state index < -0.39 is 0 Å². The second-order valence-electron chi connectivity index (χ2n) is 5.59. The summed E-state index contributed by atoms with van der Waals surface area (Å²) in [5.74, 6) is 1.70. The zero-order valence-electron chi connectivity index (χ0n) is 10.1. The fourth-order valence-electron chi connectivity index (χ4n) is 2.87. The maximum absolute atomic E-state index is 12.1. The summed E-state index contributed by atoms with van der Waals surface area (Å²) in [6.07, 6.45) is 3.91. The summed E-state index contributed by atoms with van der Waals surface area (Å²) in [7, 11) is 0. The van der Waals surface area contributed by atoms with Crippen molar-refractivity contribution in [3.8, 4) is 0 Å². The average Bonchev–Trinajstić information content (AvgIpc) is 3.26. The first-order valence-electron chi connectivity index (χ1n) is 6.70. The van der Waals surface area contributed by atoms with Gasteiger partial charge in [-0.05, 0) is 43.2 Å². The Balaban J connectivity index is 1.50. The number of para-hydroxylation sites is 1. The Labute approximate surface area is 106 Å². The molecule has 2 aliphatic carbocycles. The van der Waals surface area contributed by atoms with E-state index in [0.29, 0.717) is 11.7 Å². The highest BCUT2D eigenvalue weighted by Gasteiger charge is 2.48. The molecule has 3 nitrogen and oxygen atoms in total. The molecule has 4 rings (SSSR count). The van der Waals surface area contributed by atoms with Gasteiger partial charge < -0.3 is 10.3 Å². The van der Waals surface area contributed by atoms with Crippen LogP contribution in [-0.2, 0) is 0 Å². The predicted octanol–water partition coefficient (Wildman–Crippen LogP) is 2.70. The lowest BCUT2D eigenvalue weighted by Crippen LogP contribution is -2.27. The highest BCUT2D eigenvalue weighted by molar-refractivity contribution is 5.98. The molecular weight excluding hydrogens is 224 g/mol. The monoisotopic (exact) mass is 240 g/mol. The Bertz CT molecular complexity index is 579. The standard InChI is InChI=1S/C15H16N2O/c18-15(17-13-8-11(13)9-5-6-9)14-7-10-3-1-2-4-12(10)16-14/h1-4,7,9,11,13,16H,5-6,8H2,(H,17,18)/t11-,13+/m0/s1. The van der Waals surface area contributed by atoms with Gasteiger partial charge in [0.05, 0.1) is 0 Å². The summed E-state index contributed by atoms with van der Waals surface area (Å²) in [6.45, 7) is 0. The second-order valence-corrected chi connectivity index (χ2v) is 5.59. The number of aromatic amines is 1. The number of hydrogen-bond acceptors (Lipinski definition) is 1. The summed E-state index contributed by atoms with van der Waals surface area (Å²) in [4.78, 5) is 15.3. The van der Waals surface area contributed by atoms with Gasteiger partial charge in [-0.3, -0.25) is 4.79 Å². The second kappa shape index (κ2) is 3.61. The van der Waals surface area contributed by atoms with Gasteiger partial charge in [0.25, 0.3) is 5.91 Å². The highest BCUT2D eigenvalue weighted by atomic mass is 16.2. The number of rotatable bonds is 3. The topological polar surface area (TPSA) is 44.9 Å². The Hall–Kier alpha value is -1.77. The molecule has 2 aromatic rings. The van der Waals surface area contributed by atoms with E-state index in [-0.39, 0.29) is 5.91 Å². The van der Waals surface area contributed by atoms with Crippen molar-refractivity contribution >= 4 is 16.8 Å². The minimum atomic E-state index is 0.0411. The zero-order chi connectivity index (χ0) is 12.1. The summed E-state index contributed by atoms with van der Waals surface area (Å²) in [5.41, 5.74) is 1.70. The van der Waals surface area contributed by atoms with E-state index >= 15 is 0 Å². The molecule has 0 saturated heterocycles. The molecule has 2 aliphatic rings. The molecule has 1 heterocycles. The van der Waals surface area contributed by atoms with Gasteiger partial charge in [0, 0.05) is 16.9 Å². The number of fused-ring (bicyclic) bond motifs is 1. The van der Waals surface area contributed by atoms with Crippen LogP contribution in [0.15, 0.2) is 30.3 Å². The molecule has 0 spiro atoms. The first kappa shape index (κ1) is 10.2. The van der Waals surface area contributed by atoms with E-state index in [9.17, 15) is 4.79 Å². The number of amides is 1. The summed E-state index contributed by atoms with van der Waals surface area (Å²) < 4.78 is 0. The van der Waals surface area contributed by atoms with Gasteiger partial charge in [-0.2, -0.15) is 0 Å². The molecule has 0 aliphatic heterocycles. The van der Waals surface area contributed by atoms with Crippen LogP contribution in [0, 0.1) is 11.8 Å². The van der Waals surface area contributed by atoms with Gasteiger partial charge >= 0.3 is 0 Å². The summed E-state index contributed by atoms with van der Waals surface area (Å²) in [5, 5.41) is 4.23. The quantitative estimate of drug-likeness (QED) is 0.851. The molecule has 0 unspecified atom stereocenters. The van der Waals surface area contributed by atoms with E-state index in [0.717, 1.165) is 22.7 Å². The smallest absolute Gasteiger partial charge is 0.267 e. The van der Waals surface area contributed by atoms with Gasteiger partial charge in [-0.25, -0.2) is 0 Å².